The number of benzene rings is 2. The van der Waals surface area contributed by atoms with Gasteiger partial charge in [0.2, 0.25) is 0 Å². The number of halogens is 2. The highest BCUT2D eigenvalue weighted by Gasteiger charge is 2.43. The fourth-order valence-corrected chi connectivity index (χ4v) is 4.35. The zero-order valence-electron chi connectivity index (χ0n) is 16.5. The molecule has 2 heterocycles. The second-order valence-electron chi connectivity index (χ2n) is 7.59. The average Bonchev–Trinajstić information content (AvgIpc) is 2.97. The third-order valence-corrected chi connectivity index (χ3v) is 6.51. The molecule has 1 fully saturated rings. The second kappa shape index (κ2) is 7.85. The van der Waals surface area contributed by atoms with Crippen molar-refractivity contribution in [2.24, 2.45) is 0 Å². The monoisotopic (exact) mass is 428 g/mol. The van der Waals surface area contributed by atoms with E-state index in [1.165, 1.54) is 4.90 Å². The Bertz CT molecular complexity index is 1040. The maximum absolute atomic E-state index is 13.5. The van der Waals surface area contributed by atoms with Gasteiger partial charge in [0.25, 0.3) is 11.8 Å². The van der Waals surface area contributed by atoms with Gasteiger partial charge in [-0.15, -0.1) is 0 Å². The van der Waals surface area contributed by atoms with Gasteiger partial charge in [-0.05, 0) is 61.9 Å². The van der Waals surface area contributed by atoms with Crippen molar-refractivity contribution in [3.63, 3.8) is 0 Å². The van der Waals surface area contributed by atoms with E-state index < -0.39 is 0 Å². The van der Waals surface area contributed by atoms with E-state index in [1.54, 1.807) is 18.2 Å². The Labute approximate surface area is 180 Å². The summed E-state index contributed by atoms with van der Waals surface area (Å²) in [6, 6.07) is 10.9. The van der Waals surface area contributed by atoms with Crippen LogP contribution in [0.3, 0.4) is 0 Å². The van der Waals surface area contributed by atoms with Crippen LogP contribution in [-0.4, -0.2) is 29.8 Å². The number of carbonyl (C=O) groups is 2. The van der Waals surface area contributed by atoms with E-state index in [1.807, 2.05) is 36.9 Å². The third kappa shape index (κ3) is 3.45. The van der Waals surface area contributed by atoms with Crippen molar-refractivity contribution in [2.75, 3.05) is 18.0 Å². The first kappa shape index (κ1) is 20.0. The van der Waals surface area contributed by atoms with E-state index in [4.69, 9.17) is 23.2 Å². The molecular formula is C23H22Cl2N2O2. The number of imide groups is 1. The summed E-state index contributed by atoms with van der Waals surface area (Å²) in [6.07, 6.45) is 3.14. The molecule has 1 saturated heterocycles. The molecule has 2 aliphatic rings. The van der Waals surface area contributed by atoms with Crippen molar-refractivity contribution in [3.05, 3.63) is 68.8 Å². The molecule has 0 aromatic heterocycles. The van der Waals surface area contributed by atoms with Crippen molar-refractivity contribution in [1.29, 1.82) is 0 Å². The van der Waals surface area contributed by atoms with Crippen molar-refractivity contribution < 1.29 is 9.59 Å². The lowest BCUT2D eigenvalue weighted by atomic mass is 9.98. The van der Waals surface area contributed by atoms with Gasteiger partial charge in [-0.2, -0.15) is 0 Å². The first-order valence-corrected chi connectivity index (χ1v) is 10.6. The molecule has 2 aliphatic heterocycles. The zero-order chi connectivity index (χ0) is 20.7. The van der Waals surface area contributed by atoms with Gasteiger partial charge in [0.1, 0.15) is 5.70 Å². The summed E-state index contributed by atoms with van der Waals surface area (Å²) >= 11 is 12.5. The molecule has 29 heavy (non-hydrogen) atoms. The van der Waals surface area contributed by atoms with Crippen molar-refractivity contribution >= 4 is 46.3 Å². The Kier molecular flexibility index (Phi) is 5.41. The Morgan fingerprint density at radius 2 is 1.59 bits per heavy atom. The van der Waals surface area contributed by atoms with Gasteiger partial charge in [0, 0.05) is 13.1 Å². The Hall–Kier alpha value is -2.30. The number of likely N-dealkylation sites (tertiary alicyclic amines) is 1. The smallest absolute Gasteiger partial charge is 0.282 e. The maximum Gasteiger partial charge on any atom is 0.282 e. The summed E-state index contributed by atoms with van der Waals surface area (Å²) in [4.78, 5) is 30.3. The van der Waals surface area contributed by atoms with Crippen LogP contribution >= 0.6 is 23.2 Å². The number of hydrogen-bond acceptors (Lipinski definition) is 3. The van der Waals surface area contributed by atoms with Crippen LogP contribution in [0.25, 0.3) is 5.57 Å². The van der Waals surface area contributed by atoms with Gasteiger partial charge in [-0.1, -0.05) is 47.5 Å². The summed E-state index contributed by atoms with van der Waals surface area (Å²) in [6.45, 7) is 5.56. The van der Waals surface area contributed by atoms with E-state index in [0.29, 0.717) is 22.0 Å². The van der Waals surface area contributed by atoms with Gasteiger partial charge in [0.05, 0.1) is 21.3 Å². The number of carbonyl (C=O) groups excluding carboxylic acids is 2. The minimum Gasteiger partial charge on any atom is -0.366 e. The number of piperidine rings is 1. The first-order chi connectivity index (χ1) is 13.9. The third-order valence-electron chi connectivity index (χ3n) is 5.70. The summed E-state index contributed by atoms with van der Waals surface area (Å²) in [5.74, 6) is -0.697. The van der Waals surface area contributed by atoms with Crippen LogP contribution in [0, 0.1) is 13.8 Å². The largest absolute Gasteiger partial charge is 0.366 e. The van der Waals surface area contributed by atoms with Crippen LogP contribution in [-0.2, 0) is 9.59 Å². The van der Waals surface area contributed by atoms with Crippen molar-refractivity contribution in [2.45, 2.75) is 33.1 Å². The van der Waals surface area contributed by atoms with Crippen LogP contribution in [0.4, 0.5) is 5.69 Å². The lowest BCUT2D eigenvalue weighted by molar-refractivity contribution is -0.120. The Morgan fingerprint density at radius 3 is 2.28 bits per heavy atom. The molecule has 2 aromatic rings. The Balaban J connectivity index is 1.88. The number of amides is 2. The molecule has 0 unspecified atom stereocenters. The molecule has 2 amide bonds. The lowest BCUT2D eigenvalue weighted by Crippen LogP contribution is -2.37. The number of nitrogens with zero attached hydrogens (tertiary/aromatic N) is 2. The second-order valence-corrected chi connectivity index (χ2v) is 8.37. The highest BCUT2D eigenvalue weighted by molar-refractivity contribution is 6.49. The summed E-state index contributed by atoms with van der Waals surface area (Å²) in [7, 11) is 0. The minimum atomic E-state index is -0.358. The van der Waals surface area contributed by atoms with Crippen LogP contribution < -0.4 is 4.90 Å². The predicted molar refractivity (Wildman–Crippen MR) is 117 cm³/mol. The first-order valence-electron chi connectivity index (χ1n) is 9.80. The normalized spacial score (nSPS) is 17.5. The highest BCUT2D eigenvalue weighted by atomic mass is 35.5. The number of aryl methyl sites for hydroxylation is 2. The van der Waals surface area contributed by atoms with Gasteiger partial charge in [-0.3, -0.25) is 9.59 Å². The molecule has 4 nitrogen and oxygen atoms in total. The minimum absolute atomic E-state index is 0.204. The van der Waals surface area contributed by atoms with Gasteiger partial charge >= 0.3 is 0 Å². The predicted octanol–water partition coefficient (Wildman–Crippen LogP) is 5.38. The standard InChI is InChI=1S/C23H22Cl2N2O2/c1-14-9-10-16(13-15(14)2)19-21(26-11-4-3-5-12-26)23(29)27(22(19)28)18-8-6-7-17(24)20(18)25/h6-10,13H,3-5,11-12H2,1-2H3. The van der Waals surface area contributed by atoms with Gasteiger partial charge in [-0.25, -0.2) is 4.90 Å². The molecule has 2 aromatic carbocycles. The molecule has 0 aliphatic carbocycles. The van der Waals surface area contributed by atoms with Crippen molar-refractivity contribution in [1.82, 2.24) is 4.90 Å². The van der Waals surface area contributed by atoms with Crippen LogP contribution in [0.2, 0.25) is 10.0 Å². The van der Waals surface area contributed by atoms with Crippen LogP contribution in [0.15, 0.2) is 42.1 Å². The molecule has 0 bridgehead atoms. The molecule has 0 spiro atoms. The summed E-state index contributed by atoms with van der Waals surface area (Å²) in [5, 5.41) is 0.513. The maximum atomic E-state index is 13.5. The molecule has 0 N–H and O–H groups in total. The molecule has 0 saturated carbocycles. The molecule has 4 rings (SSSR count). The lowest BCUT2D eigenvalue weighted by Gasteiger charge is -2.29. The SMILES string of the molecule is Cc1ccc(C2=C(N3CCCCC3)C(=O)N(c3cccc(Cl)c3Cl)C2=O)cc1C. The van der Waals surface area contributed by atoms with E-state index in [0.717, 1.165) is 49.0 Å². The summed E-state index contributed by atoms with van der Waals surface area (Å²) in [5.41, 5.74) is 4.20. The fraction of sp³-hybridized carbons (Fsp3) is 0.304. The van der Waals surface area contributed by atoms with Crippen LogP contribution in [0.5, 0.6) is 0 Å². The van der Waals surface area contributed by atoms with E-state index in [9.17, 15) is 9.59 Å². The molecule has 6 heteroatoms. The van der Waals surface area contributed by atoms with Gasteiger partial charge < -0.3 is 4.90 Å². The van der Waals surface area contributed by atoms with E-state index in [2.05, 4.69) is 0 Å². The number of hydrogen-bond donors (Lipinski definition) is 0. The molecule has 0 radical (unpaired) electrons. The zero-order valence-corrected chi connectivity index (χ0v) is 18.0. The van der Waals surface area contributed by atoms with Gasteiger partial charge in [0.15, 0.2) is 0 Å². The number of anilines is 1. The summed E-state index contributed by atoms with van der Waals surface area (Å²) < 4.78 is 0. The van der Waals surface area contributed by atoms with Crippen molar-refractivity contribution in [3.8, 4) is 0 Å². The number of rotatable bonds is 3. The van der Waals surface area contributed by atoms with Crippen LogP contribution in [0.1, 0.15) is 36.0 Å². The molecule has 0 atom stereocenters. The Morgan fingerprint density at radius 1 is 0.862 bits per heavy atom. The fourth-order valence-electron chi connectivity index (χ4n) is 3.97. The average molecular weight is 429 g/mol. The molecule has 150 valence electrons. The quantitative estimate of drug-likeness (QED) is 0.615. The molecular weight excluding hydrogens is 407 g/mol. The highest BCUT2D eigenvalue weighted by Crippen LogP contribution is 2.40. The topological polar surface area (TPSA) is 40.6 Å². The van der Waals surface area contributed by atoms with E-state index >= 15 is 0 Å². The van der Waals surface area contributed by atoms with E-state index in [-0.39, 0.29) is 16.8 Å².